The normalized spacial score (nSPS) is 16.4. The Hall–Kier alpha value is -1.79. The SMILES string of the molecule is CC(C)(C)OC(=O)N[C@@H](CCC(=O)N1CCCC1)C(=O)O. The lowest BCUT2D eigenvalue weighted by atomic mass is 10.1. The van der Waals surface area contributed by atoms with Crippen LogP contribution >= 0.6 is 0 Å². The third-order valence-corrected chi connectivity index (χ3v) is 3.09. The van der Waals surface area contributed by atoms with Crippen LogP contribution in [0, 0.1) is 0 Å². The minimum Gasteiger partial charge on any atom is -0.480 e. The van der Waals surface area contributed by atoms with E-state index in [0.717, 1.165) is 25.9 Å². The lowest BCUT2D eigenvalue weighted by molar-refractivity contribution is -0.140. The maximum Gasteiger partial charge on any atom is 0.408 e. The Kier molecular flexibility index (Phi) is 5.99. The zero-order valence-electron chi connectivity index (χ0n) is 12.8. The van der Waals surface area contributed by atoms with Gasteiger partial charge in [0.1, 0.15) is 11.6 Å². The second kappa shape index (κ2) is 7.28. The molecule has 21 heavy (non-hydrogen) atoms. The molecule has 0 aromatic rings. The van der Waals surface area contributed by atoms with Crippen LogP contribution in [0.2, 0.25) is 0 Å². The van der Waals surface area contributed by atoms with Gasteiger partial charge in [-0.15, -0.1) is 0 Å². The number of ether oxygens (including phenoxy) is 1. The van der Waals surface area contributed by atoms with Gasteiger partial charge in [-0.2, -0.15) is 0 Å². The molecule has 120 valence electrons. The summed E-state index contributed by atoms with van der Waals surface area (Å²) < 4.78 is 5.02. The van der Waals surface area contributed by atoms with Crippen LogP contribution in [0.1, 0.15) is 46.5 Å². The van der Waals surface area contributed by atoms with Gasteiger partial charge < -0.3 is 20.1 Å². The zero-order valence-corrected chi connectivity index (χ0v) is 12.8. The van der Waals surface area contributed by atoms with Gasteiger partial charge in [0.2, 0.25) is 5.91 Å². The Labute approximate surface area is 124 Å². The number of aliphatic carboxylic acids is 1. The van der Waals surface area contributed by atoms with E-state index in [2.05, 4.69) is 5.32 Å². The van der Waals surface area contributed by atoms with Crippen molar-refractivity contribution in [3.63, 3.8) is 0 Å². The lowest BCUT2D eigenvalue weighted by Gasteiger charge is -2.22. The molecule has 0 radical (unpaired) electrons. The van der Waals surface area contributed by atoms with Crippen LogP contribution < -0.4 is 5.32 Å². The van der Waals surface area contributed by atoms with Crippen LogP contribution in [0.15, 0.2) is 0 Å². The molecule has 1 atom stereocenters. The highest BCUT2D eigenvalue weighted by molar-refractivity contribution is 5.82. The molecular formula is C14H24N2O5. The van der Waals surface area contributed by atoms with Gasteiger partial charge in [-0.05, 0) is 40.0 Å². The van der Waals surface area contributed by atoms with E-state index in [1.165, 1.54) is 0 Å². The number of carboxylic acid groups (broad SMARTS) is 1. The van der Waals surface area contributed by atoms with Crippen LogP contribution in [-0.4, -0.2) is 52.7 Å². The van der Waals surface area contributed by atoms with Crippen molar-refractivity contribution < 1.29 is 24.2 Å². The summed E-state index contributed by atoms with van der Waals surface area (Å²) in [5.41, 5.74) is -0.696. The number of rotatable bonds is 5. The fourth-order valence-corrected chi connectivity index (χ4v) is 2.10. The number of hydrogen-bond donors (Lipinski definition) is 2. The summed E-state index contributed by atoms with van der Waals surface area (Å²) in [6, 6.07) is -1.12. The summed E-state index contributed by atoms with van der Waals surface area (Å²) in [4.78, 5) is 36.3. The Morgan fingerprint density at radius 3 is 2.29 bits per heavy atom. The van der Waals surface area contributed by atoms with Gasteiger partial charge in [0.05, 0.1) is 0 Å². The quantitative estimate of drug-likeness (QED) is 0.799. The number of carboxylic acids is 1. The number of alkyl carbamates (subject to hydrolysis) is 1. The van der Waals surface area contributed by atoms with Crippen molar-refractivity contribution in [1.82, 2.24) is 10.2 Å². The van der Waals surface area contributed by atoms with Crippen molar-refractivity contribution in [3.8, 4) is 0 Å². The summed E-state index contributed by atoms with van der Waals surface area (Å²) in [5, 5.41) is 11.4. The molecule has 1 heterocycles. The number of carbonyl (C=O) groups is 3. The number of nitrogens with zero attached hydrogens (tertiary/aromatic N) is 1. The Balaban J connectivity index is 2.44. The number of likely N-dealkylation sites (tertiary alicyclic amines) is 1. The largest absolute Gasteiger partial charge is 0.480 e. The van der Waals surface area contributed by atoms with Crippen molar-refractivity contribution in [2.75, 3.05) is 13.1 Å². The van der Waals surface area contributed by atoms with Gasteiger partial charge in [0, 0.05) is 19.5 Å². The van der Waals surface area contributed by atoms with Crippen LogP contribution in [-0.2, 0) is 14.3 Å². The molecular weight excluding hydrogens is 276 g/mol. The van der Waals surface area contributed by atoms with E-state index in [-0.39, 0.29) is 18.7 Å². The molecule has 0 aromatic carbocycles. The van der Waals surface area contributed by atoms with Crippen molar-refractivity contribution in [1.29, 1.82) is 0 Å². The monoisotopic (exact) mass is 300 g/mol. The number of amides is 2. The van der Waals surface area contributed by atoms with E-state index < -0.39 is 23.7 Å². The minimum atomic E-state index is -1.17. The average Bonchev–Trinajstić information content (AvgIpc) is 2.85. The third-order valence-electron chi connectivity index (χ3n) is 3.09. The maximum absolute atomic E-state index is 11.9. The first kappa shape index (κ1) is 17.3. The van der Waals surface area contributed by atoms with Gasteiger partial charge in [-0.3, -0.25) is 4.79 Å². The molecule has 1 rings (SSSR count). The molecule has 2 N–H and O–H groups in total. The second-order valence-electron chi connectivity index (χ2n) is 6.16. The Morgan fingerprint density at radius 2 is 1.81 bits per heavy atom. The maximum atomic E-state index is 11.9. The summed E-state index contributed by atoms with van der Waals surface area (Å²) in [6.07, 6.45) is 1.36. The minimum absolute atomic E-state index is 0.0594. The fraction of sp³-hybridized carbons (Fsp3) is 0.786. The van der Waals surface area contributed by atoms with Crippen molar-refractivity contribution in [3.05, 3.63) is 0 Å². The summed E-state index contributed by atoms with van der Waals surface area (Å²) in [5.74, 6) is -1.24. The molecule has 2 amide bonds. The molecule has 7 heteroatoms. The van der Waals surface area contributed by atoms with Crippen molar-refractivity contribution in [2.45, 2.75) is 58.1 Å². The summed E-state index contributed by atoms with van der Waals surface area (Å²) in [6.45, 7) is 6.55. The van der Waals surface area contributed by atoms with E-state index in [1.807, 2.05) is 0 Å². The molecule has 0 spiro atoms. The molecule has 0 aromatic heterocycles. The lowest BCUT2D eigenvalue weighted by Crippen LogP contribution is -2.44. The highest BCUT2D eigenvalue weighted by Gasteiger charge is 2.26. The zero-order chi connectivity index (χ0) is 16.0. The molecule has 0 saturated carbocycles. The molecule has 0 unspecified atom stereocenters. The van der Waals surface area contributed by atoms with Gasteiger partial charge in [0.15, 0.2) is 0 Å². The molecule has 1 aliphatic rings. The second-order valence-corrected chi connectivity index (χ2v) is 6.16. The van der Waals surface area contributed by atoms with Crippen LogP contribution in [0.5, 0.6) is 0 Å². The molecule has 1 saturated heterocycles. The first-order valence-corrected chi connectivity index (χ1v) is 7.19. The van der Waals surface area contributed by atoms with E-state index in [9.17, 15) is 14.4 Å². The third kappa shape index (κ3) is 6.46. The van der Waals surface area contributed by atoms with Crippen molar-refractivity contribution in [2.24, 2.45) is 0 Å². The standard InChI is InChI=1S/C14H24N2O5/c1-14(2,3)21-13(20)15-10(12(18)19)6-7-11(17)16-8-4-5-9-16/h10H,4-9H2,1-3H3,(H,15,20)(H,18,19)/t10-/m0/s1. The van der Waals surface area contributed by atoms with E-state index in [0.29, 0.717) is 0 Å². The van der Waals surface area contributed by atoms with Gasteiger partial charge in [-0.1, -0.05) is 0 Å². The molecule has 1 aliphatic heterocycles. The average molecular weight is 300 g/mol. The molecule has 0 bridgehead atoms. The van der Waals surface area contributed by atoms with Crippen LogP contribution in [0.4, 0.5) is 4.79 Å². The number of carbonyl (C=O) groups excluding carboxylic acids is 2. The van der Waals surface area contributed by atoms with Crippen LogP contribution in [0.3, 0.4) is 0 Å². The first-order valence-electron chi connectivity index (χ1n) is 7.19. The fourth-order valence-electron chi connectivity index (χ4n) is 2.10. The number of hydrogen-bond acceptors (Lipinski definition) is 4. The van der Waals surface area contributed by atoms with E-state index in [1.54, 1.807) is 25.7 Å². The van der Waals surface area contributed by atoms with Crippen molar-refractivity contribution >= 4 is 18.0 Å². The smallest absolute Gasteiger partial charge is 0.408 e. The summed E-state index contributed by atoms with van der Waals surface area (Å²) in [7, 11) is 0. The predicted molar refractivity (Wildman–Crippen MR) is 75.8 cm³/mol. The van der Waals surface area contributed by atoms with Gasteiger partial charge in [0.25, 0.3) is 0 Å². The topological polar surface area (TPSA) is 95.9 Å². The number of nitrogens with one attached hydrogen (secondary N) is 1. The van der Waals surface area contributed by atoms with Crippen LogP contribution in [0.25, 0.3) is 0 Å². The molecule has 1 fully saturated rings. The van der Waals surface area contributed by atoms with Gasteiger partial charge >= 0.3 is 12.1 Å². The van der Waals surface area contributed by atoms with Gasteiger partial charge in [-0.25, -0.2) is 9.59 Å². The van der Waals surface area contributed by atoms with E-state index in [4.69, 9.17) is 9.84 Å². The summed E-state index contributed by atoms with van der Waals surface area (Å²) >= 11 is 0. The molecule has 7 nitrogen and oxygen atoms in total. The Bertz CT molecular complexity index is 397. The molecule has 0 aliphatic carbocycles. The Morgan fingerprint density at radius 1 is 1.24 bits per heavy atom. The highest BCUT2D eigenvalue weighted by atomic mass is 16.6. The van der Waals surface area contributed by atoms with E-state index >= 15 is 0 Å². The highest BCUT2D eigenvalue weighted by Crippen LogP contribution is 2.12. The first-order chi connectivity index (χ1) is 9.69. The predicted octanol–water partition coefficient (Wildman–Crippen LogP) is 1.37.